The monoisotopic (exact) mass is 488 g/mol. The number of rotatable bonds is 6. The van der Waals surface area contributed by atoms with Crippen molar-refractivity contribution in [1.29, 1.82) is 0 Å². The van der Waals surface area contributed by atoms with Crippen molar-refractivity contribution in [3.05, 3.63) is 90.2 Å². The third kappa shape index (κ3) is 5.03. The first-order valence-electron chi connectivity index (χ1n) is 10.5. The molecule has 2 heterocycles. The van der Waals surface area contributed by atoms with E-state index in [1.54, 1.807) is 42.5 Å². The summed E-state index contributed by atoms with van der Waals surface area (Å²) in [6, 6.07) is 11.8. The maximum Gasteiger partial charge on any atom is 0.352 e. The van der Waals surface area contributed by atoms with E-state index in [4.69, 9.17) is 27.9 Å². The largest absolute Gasteiger partial charge is 0.376 e. The number of aryl methyl sites for hydroxylation is 1. The first-order valence-corrected chi connectivity index (χ1v) is 11.2. The zero-order valence-corrected chi connectivity index (χ0v) is 19.4. The molecule has 1 unspecified atom stereocenters. The Balaban J connectivity index is 1.80. The minimum Gasteiger partial charge on any atom is -0.376 e. The number of hydrogen-bond acceptors (Lipinski definition) is 5. The summed E-state index contributed by atoms with van der Waals surface area (Å²) in [6.45, 7) is 2.60. The summed E-state index contributed by atoms with van der Waals surface area (Å²) < 4.78 is 7.47. The minimum absolute atomic E-state index is 0.110. The molecule has 1 aliphatic rings. The summed E-state index contributed by atoms with van der Waals surface area (Å²) in [7, 11) is 0. The fourth-order valence-electron chi connectivity index (χ4n) is 3.57. The van der Waals surface area contributed by atoms with E-state index in [0.29, 0.717) is 27.9 Å². The molecule has 1 N–H and O–H groups in total. The van der Waals surface area contributed by atoms with Crippen LogP contribution >= 0.6 is 23.2 Å². The van der Waals surface area contributed by atoms with Crippen LogP contribution < -0.4 is 16.6 Å². The molecule has 0 radical (unpaired) electrons. The third-order valence-electron chi connectivity index (χ3n) is 5.48. The fraction of sp³-hybridized carbons (Fsp3) is 0.304. The topological polar surface area (TPSA) is 95.2 Å². The van der Waals surface area contributed by atoms with Gasteiger partial charge in [0.25, 0.3) is 11.5 Å². The number of nitrogens with one attached hydrogen (secondary N) is 1. The molecule has 1 aromatic heterocycles. The highest BCUT2D eigenvalue weighted by Gasteiger charge is 2.23. The standard InChI is InChI=1S/C23H22Cl2N4O4/c1-14-8-9-16(11-19(14)25)29-23(32)28(13-15-5-2-3-7-18(15)24)22(31)20(27-29)21(30)26-12-17-6-4-10-33-17/h2-3,5,7-9,11,17H,4,6,10,12-13H2,1H3,(H,26,30). The summed E-state index contributed by atoms with van der Waals surface area (Å²) in [5.74, 6) is -0.685. The normalized spacial score (nSPS) is 15.5. The van der Waals surface area contributed by atoms with Crippen molar-refractivity contribution >= 4 is 29.1 Å². The predicted molar refractivity (Wildman–Crippen MR) is 126 cm³/mol. The second-order valence-corrected chi connectivity index (χ2v) is 8.62. The van der Waals surface area contributed by atoms with Crippen LogP contribution in [0.25, 0.3) is 5.69 Å². The number of halogens is 2. The molecule has 0 saturated carbocycles. The lowest BCUT2D eigenvalue weighted by Crippen LogP contribution is -2.46. The quantitative estimate of drug-likeness (QED) is 0.575. The summed E-state index contributed by atoms with van der Waals surface area (Å²) in [5.41, 5.74) is -0.223. The highest BCUT2D eigenvalue weighted by atomic mass is 35.5. The second kappa shape index (κ2) is 9.91. The first-order chi connectivity index (χ1) is 15.8. The van der Waals surface area contributed by atoms with Gasteiger partial charge in [-0.05, 0) is 49.1 Å². The second-order valence-electron chi connectivity index (χ2n) is 7.80. The Morgan fingerprint density at radius 1 is 1.18 bits per heavy atom. The van der Waals surface area contributed by atoms with Gasteiger partial charge in [0.05, 0.1) is 18.3 Å². The van der Waals surface area contributed by atoms with Crippen LogP contribution in [-0.2, 0) is 11.3 Å². The highest BCUT2D eigenvalue weighted by molar-refractivity contribution is 6.31. The van der Waals surface area contributed by atoms with E-state index in [-0.39, 0.29) is 19.2 Å². The number of ether oxygens (including phenoxy) is 1. The van der Waals surface area contributed by atoms with Crippen LogP contribution in [0.15, 0.2) is 52.1 Å². The molecular weight excluding hydrogens is 467 g/mol. The van der Waals surface area contributed by atoms with Crippen molar-refractivity contribution in [3.8, 4) is 5.69 Å². The van der Waals surface area contributed by atoms with Crippen LogP contribution in [0.4, 0.5) is 0 Å². The Kier molecular flexibility index (Phi) is 6.97. The lowest BCUT2D eigenvalue weighted by Gasteiger charge is -2.14. The Hall–Kier alpha value is -2.94. The number of carbonyl (C=O) groups is 1. The van der Waals surface area contributed by atoms with Gasteiger partial charge in [0.15, 0.2) is 0 Å². The van der Waals surface area contributed by atoms with Gasteiger partial charge in [0.2, 0.25) is 5.69 Å². The predicted octanol–water partition coefficient (Wildman–Crippen LogP) is 2.97. The Morgan fingerprint density at radius 2 is 1.97 bits per heavy atom. The highest BCUT2D eigenvalue weighted by Crippen LogP contribution is 2.19. The molecule has 1 amide bonds. The van der Waals surface area contributed by atoms with Gasteiger partial charge >= 0.3 is 5.69 Å². The summed E-state index contributed by atoms with van der Waals surface area (Å²) in [6.07, 6.45) is 1.63. The minimum atomic E-state index is -0.806. The van der Waals surface area contributed by atoms with Crippen molar-refractivity contribution in [3.63, 3.8) is 0 Å². The maximum atomic E-state index is 13.3. The molecule has 1 saturated heterocycles. The molecule has 0 bridgehead atoms. The van der Waals surface area contributed by atoms with E-state index in [1.165, 1.54) is 0 Å². The van der Waals surface area contributed by atoms with Gasteiger partial charge in [-0.3, -0.25) is 14.2 Å². The number of carbonyl (C=O) groups excluding carboxylic acids is 1. The zero-order valence-electron chi connectivity index (χ0n) is 17.9. The lowest BCUT2D eigenvalue weighted by molar-refractivity contribution is 0.0849. The Bertz CT molecular complexity index is 1310. The van der Waals surface area contributed by atoms with Gasteiger partial charge in [-0.25, -0.2) is 4.79 Å². The third-order valence-corrected chi connectivity index (χ3v) is 6.25. The summed E-state index contributed by atoms with van der Waals surface area (Å²) in [5, 5.41) is 7.63. The van der Waals surface area contributed by atoms with Crippen molar-refractivity contribution in [1.82, 2.24) is 19.7 Å². The fourth-order valence-corrected chi connectivity index (χ4v) is 3.94. The van der Waals surface area contributed by atoms with E-state index in [0.717, 1.165) is 27.7 Å². The summed E-state index contributed by atoms with van der Waals surface area (Å²) >= 11 is 12.5. The van der Waals surface area contributed by atoms with Gasteiger partial charge in [0, 0.05) is 23.2 Å². The van der Waals surface area contributed by atoms with Gasteiger partial charge in [0.1, 0.15) is 0 Å². The van der Waals surface area contributed by atoms with Gasteiger partial charge < -0.3 is 10.1 Å². The molecule has 0 aliphatic carbocycles. The van der Waals surface area contributed by atoms with E-state index >= 15 is 0 Å². The number of aromatic nitrogens is 3. The van der Waals surface area contributed by atoms with Crippen molar-refractivity contribution < 1.29 is 9.53 Å². The van der Waals surface area contributed by atoms with Crippen LogP contribution in [0.3, 0.4) is 0 Å². The maximum absolute atomic E-state index is 13.3. The molecule has 1 fully saturated rings. The molecule has 1 atom stereocenters. The average molecular weight is 489 g/mol. The Labute approximate surface area is 199 Å². The van der Waals surface area contributed by atoms with Crippen LogP contribution in [0.1, 0.15) is 34.5 Å². The Morgan fingerprint density at radius 3 is 2.67 bits per heavy atom. The van der Waals surface area contributed by atoms with Crippen molar-refractivity contribution in [2.45, 2.75) is 32.4 Å². The number of amides is 1. The number of nitrogens with zero attached hydrogens (tertiary/aromatic N) is 3. The van der Waals surface area contributed by atoms with Crippen molar-refractivity contribution in [2.24, 2.45) is 0 Å². The molecule has 172 valence electrons. The number of benzene rings is 2. The van der Waals surface area contributed by atoms with E-state index < -0.39 is 22.9 Å². The molecule has 33 heavy (non-hydrogen) atoms. The van der Waals surface area contributed by atoms with E-state index in [1.807, 2.05) is 6.92 Å². The molecule has 3 aromatic rings. The van der Waals surface area contributed by atoms with E-state index in [9.17, 15) is 14.4 Å². The van der Waals surface area contributed by atoms with Crippen LogP contribution in [-0.4, -0.2) is 39.5 Å². The van der Waals surface area contributed by atoms with Gasteiger partial charge in [-0.2, -0.15) is 9.78 Å². The average Bonchev–Trinajstić information content (AvgIpc) is 3.32. The van der Waals surface area contributed by atoms with E-state index in [2.05, 4.69) is 10.4 Å². The van der Waals surface area contributed by atoms with Crippen molar-refractivity contribution in [2.75, 3.05) is 13.2 Å². The molecule has 1 aliphatic heterocycles. The number of hydrogen-bond donors (Lipinski definition) is 1. The van der Waals surface area contributed by atoms with Crippen LogP contribution in [0.2, 0.25) is 10.0 Å². The van der Waals surface area contributed by atoms with Crippen LogP contribution in [0, 0.1) is 6.92 Å². The summed E-state index contributed by atoms with van der Waals surface area (Å²) in [4.78, 5) is 39.3. The molecular formula is C23H22Cl2N4O4. The first kappa shape index (κ1) is 23.2. The lowest BCUT2D eigenvalue weighted by atomic mass is 10.2. The smallest absolute Gasteiger partial charge is 0.352 e. The van der Waals surface area contributed by atoms with Gasteiger partial charge in [-0.15, -0.1) is 0 Å². The molecule has 10 heteroatoms. The SMILES string of the molecule is Cc1ccc(-n2nc(C(=O)NCC3CCCO3)c(=O)n(Cc3ccccc3Cl)c2=O)cc1Cl. The van der Waals surface area contributed by atoms with Crippen LogP contribution in [0.5, 0.6) is 0 Å². The molecule has 0 spiro atoms. The zero-order chi connectivity index (χ0) is 23.5. The molecule has 8 nitrogen and oxygen atoms in total. The molecule has 2 aromatic carbocycles. The molecule has 4 rings (SSSR count). The van der Waals surface area contributed by atoms with Gasteiger partial charge in [-0.1, -0.05) is 47.5 Å².